The Hall–Kier alpha value is -0.610. The summed E-state index contributed by atoms with van der Waals surface area (Å²) in [7, 11) is 0. The predicted octanol–water partition coefficient (Wildman–Crippen LogP) is 2.08. The molecule has 20 heavy (non-hydrogen) atoms. The van der Waals surface area contributed by atoms with Crippen LogP contribution in [0.1, 0.15) is 53.4 Å². The average Bonchev–Trinajstić information content (AvgIpc) is 2.85. The summed E-state index contributed by atoms with van der Waals surface area (Å²) in [6.45, 7) is 13.3. The summed E-state index contributed by atoms with van der Waals surface area (Å²) in [6, 6.07) is 0. The number of rotatable bonds is 8. The van der Waals surface area contributed by atoms with Gasteiger partial charge in [-0.1, -0.05) is 40.5 Å². The fourth-order valence-electron chi connectivity index (χ4n) is 3.05. The lowest BCUT2D eigenvalue weighted by molar-refractivity contribution is -0.137. The molecule has 0 bridgehead atoms. The van der Waals surface area contributed by atoms with E-state index in [9.17, 15) is 4.79 Å². The molecule has 0 radical (unpaired) electrons. The molecule has 0 saturated heterocycles. The first-order valence-electron chi connectivity index (χ1n) is 8.23. The van der Waals surface area contributed by atoms with E-state index in [1.807, 2.05) is 4.90 Å². The Morgan fingerprint density at radius 1 is 1.15 bits per heavy atom. The molecule has 1 aliphatic rings. The van der Waals surface area contributed by atoms with Gasteiger partial charge in [0.25, 0.3) is 0 Å². The van der Waals surface area contributed by atoms with Gasteiger partial charge >= 0.3 is 0 Å². The highest BCUT2D eigenvalue weighted by molar-refractivity contribution is 5.86. The smallest absolute Gasteiger partial charge is 0.242 e. The Bertz CT molecular complexity index is 294. The van der Waals surface area contributed by atoms with Crippen molar-refractivity contribution in [2.45, 2.75) is 58.9 Å². The van der Waals surface area contributed by atoms with Crippen molar-refractivity contribution in [2.24, 2.45) is 11.7 Å². The topological polar surface area (TPSA) is 49.6 Å². The second-order valence-corrected chi connectivity index (χ2v) is 6.54. The monoisotopic (exact) mass is 283 g/mol. The first kappa shape index (κ1) is 17.4. The van der Waals surface area contributed by atoms with Gasteiger partial charge in [-0.3, -0.25) is 4.79 Å². The Morgan fingerprint density at radius 2 is 1.70 bits per heavy atom. The largest absolute Gasteiger partial charge is 0.340 e. The first-order chi connectivity index (χ1) is 9.42. The first-order valence-corrected chi connectivity index (χ1v) is 8.23. The molecule has 0 heterocycles. The molecule has 1 fully saturated rings. The van der Waals surface area contributed by atoms with Crippen molar-refractivity contribution in [3.8, 4) is 0 Å². The summed E-state index contributed by atoms with van der Waals surface area (Å²) < 4.78 is 0. The molecule has 0 aromatic rings. The van der Waals surface area contributed by atoms with Crippen LogP contribution in [0.4, 0.5) is 0 Å². The number of hydrogen-bond donors (Lipinski definition) is 1. The van der Waals surface area contributed by atoms with Crippen LogP contribution in [0, 0.1) is 5.92 Å². The van der Waals surface area contributed by atoms with E-state index in [1.54, 1.807) is 0 Å². The van der Waals surface area contributed by atoms with Crippen molar-refractivity contribution in [3.63, 3.8) is 0 Å². The third-order valence-corrected chi connectivity index (χ3v) is 4.38. The number of likely N-dealkylation sites (N-methyl/N-ethyl adjacent to an activating group) is 1. The Balaban J connectivity index is 2.65. The standard InChI is InChI=1S/C16H33N3O/c1-5-18(6-2)11-12-19(13-14(3)4)15(20)16(17)9-7-8-10-16/h14H,5-13,17H2,1-4H3. The number of hydrogen-bond acceptors (Lipinski definition) is 3. The van der Waals surface area contributed by atoms with Crippen molar-refractivity contribution >= 4 is 5.91 Å². The van der Waals surface area contributed by atoms with Crippen molar-refractivity contribution in [2.75, 3.05) is 32.7 Å². The van der Waals surface area contributed by atoms with E-state index in [2.05, 4.69) is 32.6 Å². The van der Waals surface area contributed by atoms with Gasteiger partial charge in [-0.2, -0.15) is 0 Å². The van der Waals surface area contributed by atoms with Crippen LogP contribution in [0.5, 0.6) is 0 Å². The Morgan fingerprint density at radius 3 is 2.15 bits per heavy atom. The summed E-state index contributed by atoms with van der Waals surface area (Å²) in [5.74, 6) is 0.663. The molecular weight excluding hydrogens is 250 g/mol. The lowest BCUT2D eigenvalue weighted by atomic mass is 9.96. The number of carbonyl (C=O) groups excluding carboxylic acids is 1. The zero-order chi connectivity index (χ0) is 15.2. The normalized spacial score (nSPS) is 17.9. The van der Waals surface area contributed by atoms with Gasteiger partial charge in [0.2, 0.25) is 5.91 Å². The minimum atomic E-state index is -0.585. The van der Waals surface area contributed by atoms with Gasteiger partial charge in [0.15, 0.2) is 0 Å². The highest BCUT2D eigenvalue weighted by atomic mass is 16.2. The minimum Gasteiger partial charge on any atom is -0.340 e. The van der Waals surface area contributed by atoms with E-state index in [0.717, 1.165) is 58.4 Å². The lowest BCUT2D eigenvalue weighted by Gasteiger charge is -2.34. The van der Waals surface area contributed by atoms with Crippen LogP contribution >= 0.6 is 0 Å². The summed E-state index contributed by atoms with van der Waals surface area (Å²) >= 11 is 0. The molecule has 118 valence electrons. The highest BCUT2D eigenvalue weighted by Crippen LogP contribution is 2.29. The van der Waals surface area contributed by atoms with E-state index < -0.39 is 5.54 Å². The van der Waals surface area contributed by atoms with Gasteiger partial charge in [-0.25, -0.2) is 0 Å². The number of amides is 1. The maximum absolute atomic E-state index is 12.8. The van der Waals surface area contributed by atoms with Crippen molar-refractivity contribution < 1.29 is 4.79 Å². The van der Waals surface area contributed by atoms with Gasteiger partial charge in [0.05, 0.1) is 5.54 Å². The fourth-order valence-corrected chi connectivity index (χ4v) is 3.05. The SMILES string of the molecule is CCN(CC)CCN(CC(C)C)C(=O)C1(N)CCCC1. The maximum atomic E-state index is 12.8. The minimum absolute atomic E-state index is 0.177. The van der Waals surface area contributed by atoms with Crippen LogP contribution < -0.4 is 5.73 Å². The van der Waals surface area contributed by atoms with Crippen LogP contribution in [-0.4, -0.2) is 54.0 Å². The summed E-state index contributed by atoms with van der Waals surface area (Å²) in [5, 5.41) is 0. The zero-order valence-electron chi connectivity index (χ0n) is 13.8. The quantitative estimate of drug-likeness (QED) is 0.742. The van der Waals surface area contributed by atoms with Crippen molar-refractivity contribution in [1.29, 1.82) is 0 Å². The molecule has 0 aromatic heterocycles. The van der Waals surface area contributed by atoms with Crippen LogP contribution in [0.25, 0.3) is 0 Å². The number of carbonyl (C=O) groups is 1. The Labute approximate surface area is 124 Å². The van der Waals surface area contributed by atoms with Crippen molar-refractivity contribution in [3.05, 3.63) is 0 Å². The fraction of sp³-hybridized carbons (Fsp3) is 0.938. The van der Waals surface area contributed by atoms with Gasteiger partial charge < -0.3 is 15.5 Å². The molecule has 0 spiro atoms. The molecular formula is C16H33N3O. The highest BCUT2D eigenvalue weighted by Gasteiger charge is 2.39. The van der Waals surface area contributed by atoms with Gasteiger partial charge in [0.1, 0.15) is 0 Å². The molecule has 2 N–H and O–H groups in total. The maximum Gasteiger partial charge on any atom is 0.242 e. The lowest BCUT2D eigenvalue weighted by Crippen LogP contribution is -2.55. The van der Waals surface area contributed by atoms with E-state index in [1.165, 1.54) is 0 Å². The van der Waals surface area contributed by atoms with Crippen LogP contribution in [0.3, 0.4) is 0 Å². The van der Waals surface area contributed by atoms with Crippen LogP contribution in [-0.2, 0) is 4.79 Å². The van der Waals surface area contributed by atoms with Gasteiger partial charge in [-0.15, -0.1) is 0 Å². The summed E-state index contributed by atoms with van der Waals surface area (Å²) in [6.07, 6.45) is 3.89. The molecule has 1 saturated carbocycles. The molecule has 1 aliphatic carbocycles. The summed E-state index contributed by atoms with van der Waals surface area (Å²) in [4.78, 5) is 17.1. The zero-order valence-corrected chi connectivity index (χ0v) is 13.8. The van der Waals surface area contributed by atoms with Crippen LogP contribution in [0.15, 0.2) is 0 Å². The number of nitrogens with two attached hydrogens (primary N) is 1. The molecule has 1 rings (SSSR count). The van der Waals surface area contributed by atoms with E-state index in [4.69, 9.17) is 5.73 Å². The van der Waals surface area contributed by atoms with Crippen LogP contribution in [0.2, 0.25) is 0 Å². The van der Waals surface area contributed by atoms with Gasteiger partial charge in [-0.05, 0) is 31.8 Å². The predicted molar refractivity (Wildman–Crippen MR) is 84.6 cm³/mol. The van der Waals surface area contributed by atoms with E-state index in [-0.39, 0.29) is 5.91 Å². The summed E-state index contributed by atoms with van der Waals surface area (Å²) in [5.41, 5.74) is 5.76. The number of nitrogens with zero attached hydrogens (tertiary/aromatic N) is 2. The Kier molecular flexibility index (Phi) is 6.96. The van der Waals surface area contributed by atoms with E-state index >= 15 is 0 Å². The molecule has 0 aliphatic heterocycles. The third kappa shape index (κ3) is 4.74. The molecule has 0 atom stereocenters. The average molecular weight is 283 g/mol. The molecule has 4 nitrogen and oxygen atoms in total. The molecule has 0 aromatic carbocycles. The third-order valence-electron chi connectivity index (χ3n) is 4.38. The second kappa shape index (κ2) is 7.99. The van der Waals surface area contributed by atoms with Crippen molar-refractivity contribution in [1.82, 2.24) is 9.80 Å². The van der Waals surface area contributed by atoms with E-state index in [0.29, 0.717) is 5.92 Å². The molecule has 4 heteroatoms. The van der Waals surface area contributed by atoms with Gasteiger partial charge in [0, 0.05) is 19.6 Å². The molecule has 0 unspecified atom stereocenters. The second-order valence-electron chi connectivity index (χ2n) is 6.54. The molecule has 1 amide bonds.